The van der Waals surface area contributed by atoms with Crippen LogP contribution in [-0.2, 0) is 18.1 Å². The highest BCUT2D eigenvalue weighted by Crippen LogP contribution is 2.52. The summed E-state index contributed by atoms with van der Waals surface area (Å²) in [6.45, 7) is 7.03. The normalized spacial score (nSPS) is 12.0. The molecule has 0 atom stereocenters. The van der Waals surface area contributed by atoms with Gasteiger partial charge < -0.3 is 4.52 Å². The van der Waals surface area contributed by atoms with Crippen LogP contribution in [0.25, 0.3) is 0 Å². The Morgan fingerprint density at radius 1 is 1.13 bits per heavy atom. The Bertz CT molecular complexity index is 247. The number of hydrogen-bond acceptors (Lipinski definition) is 4. The Morgan fingerprint density at radius 3 is 1.80 bits per heavy atom. The van der Waals surface area contributed by atoms with Gasteiger partial charge in [-0.1, -0.05) is 0 Å². The van der Waals surface area contributed by atoms with E-state index in [9.17, 15) is 4.57 Å². The van der Waals surface area contributed by atoms with Gasteiger partial charge in [-0.3, -0.25) is 9.05 Å². The molecule has 0 saturated heterocycles. The van der Waals surface area contributed by atoms with Crippen molar-refractivity contribution in [3.63, 3.8) is 0 Å². The fourth-order valence-corrected chi connectivity index (χ4v) is 2.59. The maximum Gasteiger partial charge on any atom is 0.530 e. The first-order chi connectivity index (χ1) is 6.75. The zero-order chi connectivity index (χ0) is 12.1. The van der Waals surface area contributed by atoms with Gasteiger partial charge in [0.15, 0.2) is 0 Å². The molecule has 0 aromatic carbocycles. The van der Waals surface area contributed by atoms with Crippen molar-refractivity contribution in [1.82, 2.24) is 0 Å². The lowest BCUT2D eigenvalue weighted by atomic mass is 10.5. The summed E-state index contributed by atoms with van der Waals surface area (Å²) in [5, 5.41) is 0. The molecule has 0 radical (unpaired) electrons. The van der Waals surface area contributed by atoms with E-state index in [4.69, 9.17) is 13.6 Å². The summed E-state index contributed by atoms with van der Waals surface area (Å²) in [5.74, 6) is 0. The van der Waals surface area contributed by atoms with E-state index in [2.05, 4.69) is 31.9 Å². The molecule has 15 heavy (non-hydrogen) atoms. The van der Waals surface area contributed by atoms with E-state index < -0.39 is 7.82 Å². The van der Waals surface area contributed by atoms with Gasteiger partial charge in [-0.25, -0.2) is 4.57 Å². The van der Waals surface area contributed by atoms with E-state index in [-0.39, 0.29) is 12.2 Å². The Kier molecular flexibility index (Phi) is 7.38. The van der Waals surface area contributed by atoms with Gasteiger partial charge in [0.05, 0.1) is 15.6 Å². The van der Waals surface area contributed by atoms with Crippen molar-refractivity contribution in [3.05, 3.63) is 9.65 Å². The third-order valence-corrected chi connectivity index (χ3v) is 3.05. The molecule has 0 bridgehead atoms. The Balaban J connectivity index is 4.55. The van der Waals surface area contributed by atoms with Crippen LogP contribution in [-0.4, -0.2) is 12.2 Å². The van der Waals surface area contributed by atoms with E-state index in [1.165, 1.54) is 6.26 Å². The third-order valence-electron chi connectivity index (χ3n) is 0.951. The smallest absolute Gasteiger partial charge is 0.410 e. The highest BCUT2D eigenvalue weighted by atomic mass is 79.9. The summed E-state index contributed by atoms with van der Waals surface area (Å²) in [4.78, 5) is 0. The van der Waals surface area contributed by atoms with Crippen molar-refractivity contribution < 1.29 is 18.1 Å². The molecular formula is C8H15Br2O4P. The largest absolute Gasteiger partial charge is 0.530 e. The molecule has 90 valence electrons. The van der Waals surface area contributed by atoms with Gasteiger partial charge in [0, 0.05) is 0 Å². The average Bonchev–Trinajstić information content (AvgIpc) is 1.97. The van der Waals surface area contributed by atoms with Crippen LogP contribution in [0.2, 0.25) is 0 Å². The van der Waals surface area contributed by atoms with E-state index in [1.807, 2.05) is 0 Å². The third kappa shape index (κ3) is 8.46. The van der Waals surface area contributed by atoms with Gasteiger partial charge in [-0.2, -0.15) is 0 Å². The van der Waals surface area contributed by atoms with Gasteiger partial charge in [0.1, 0.15) is 6.26 Å². The summed E-state index contributed by atoms with van der Waals surface area (Å²) in [6.07, 6.45) is 0.750. The predicted octanol–water partition coefficient (Wildman–Crippen LogP) is 4.55. The molecule has 0 aliphatic heterocycles. The quantitative estimate of drug-likeness (QED) is 0.511. The minimum absolute atomic E-state index is 0.239. The molecule has 0 saturated carbocycles. The number of phosphoric ester groups is 1. The van der Waals surface area contributed by atoms with E-state index in [0.717, 1.165) is 0 Å². The number of phosphoric acid groups is 1. The molecule has 0 heterocycles. The standard InChI is InChI=1S/C8H15Br2O4P/c1-6(2)13-15(11,14-7(3)4)12-5-8(9)10/h5-7H,1-4H3. The Morgan fingerprint density at radius 2 is 1.53 bits per heavy atom. The lowest BCUT2D eigenvalue weighted by Crippen LogP contribution is -2.08. The van der Waals surface area contributed by atoms with Crippen LogP contribution in [0.15, 0.2) is 9.65 Å². The summed E-state index contributed by atoms with van der Waals surface area (Å²) in [6, 6.07) is 0. The fourth-order valence-electron chi connectivity index (χ4n) is 0.695. The van der Waals surface area contributed by atoms with Gasteiger partial charge >= 0.3 is 7.82 Å². The lowest BCUT2D eigenvalue weighted by Gasteiger charge is -2.20. The molecule has 0 N–H and O–H groups in total. The minimum Gasteiger partial charge on any atom is -0.410 e. The molecule has 0 aromatic rings. The van der Waals surface area contributed by atoms with Crippen molar-refractivity contribution in [2.45, 2.75) is 39.9 Å². The molecule has 0 unspecified atom stereocenters. The SMILES string of the molecule is CC(C)OP(=O)(OC=C(Br)Br)OC(C)C. The maximum atomic E-state index is 12.0. The summed E-state index contributed by atoms with van der Waals surface area (Å²) in [5.41, 5.74) is 0. The fraction of sp³-hybridized carbons (Fsp3) is 0.750. The lowest BCUT2D eigenvalue weighted by molar-refractivity contribution is 0.0936. The van der Waals surface area contributed by atoms with Gasteiger partial charge in [0.25, 0.3) is 0 Å². The van der Waals surface area contributed by atoms with Crippen molar-refractivity contribution in [2.24, 2.45) is 0 Å². The average molecular weight is 366 g/mol. The zero-order valence-electron chi connectivity index (χ0n) is 9.07. The van der Waals surface area contributed by atoms with Crippen molar-refractivity contribution in [2.75, 3.05) is 0 Å². The van der Waals surface area contributed by atoms with Crippen LogP contribution >= 0.6 is 39.7 Å². The maximum absolute atomic E-state index is 12.0. The van der Waals surface area contributed by atoms with Crippen LogP contribution in [0.1, 0.15) is 27.7 Å². The van der Waals surface area contributed by atoms with Crippen LogP contribution in [0, 0.1) is 0 Å². The van der Waals surface area contributed by atoms with Crippen molar-refractivity contribution >= 4 is 39.7 Å². The summed E-state index contributed by atoms with van der Waals surface area (Å²) >= 11 is 6.16. The van der Waals surface area contributed by atoms with Crippen LogP contribution in [0.3, 0.4) is 0 Å². The van der Waals surface area contributed by atoms with Gasteiger partial charge in [-0.15, -0.1) is 0 Å². The first kappa shape index (κ1) is 15.7. The van der Waals surface area contributed by atoms with Gasteiger partial charge in [0.2, 0.25) is 0 Å². The summed E-state index contributed by atoms with van der Waals surface area (Å²) in [7, 11) is -3.52. The topological polar surface area (TPSA) is 44.8 Å². The van der Waals surface area contributed by atoms with Crippen LogP contribution in [0.5, 0.6) is 0 Å². The Labute approximate surface area is 107 Å². The van der Waals surface area contributed by atoms with Crippen LogP contribution in [0.4, 0.5) is 0 Å². The summed E-state index contributed by atoms with van der Waals surface area (Å²) < 4.78 is 27.7. The molecule has 0 aliphatic carbocycles. The Hall–Kier alpha value is 0.650. The molecule has 0 aliphatic rings. The first-order valence-electron chi connectivity index (χ1n) is 4.41. The van der Waals surface area contributed by atoms with E-state index in [1.54, 1.807) is 27.7 Å². The molecular weight excluding hydrogens is 351 g/mol. The van der Waals surface area contributed by atoms with Crippen molar-refractivity contribution in [3.8, 4) is 0 Å². The number of halogens is 2. The van der Waals surface area contributed by atoms with Crippen LogP contribution < -0.4 is 0 Å². The molecule has 7 heteroatoms. The second-order valence-corrected chi connectivity index (χ2v) is 7.57. The molecule has 0 rings (SSSR count). The zero-order valence-corrected chi connectivity index (χ0v) is 13.1. The predicted molar refractivity (Wildman–Crippen MR) is 67.1 cm³/mol. The molecule has 0 amide bonds. The number of rotatable bonds is 6. The van der Waals surface area contributed by atoms with E-state index >= 15 is 0 Å². The number of hydrogen-bond donors (Lipinski definition) is 0. The second-order valence-electron chi connectivity index (χ2n) is 3.27. The highest BCUT2D eigenvalue weighted by molar-refractivity contribution is 9.28. The van der Waals surface area contributed by atoms with E-state index in [0.29, 0.717) is 3.39 Å². The molecule has 0 spiro atoms. The highest BCUT2D eigenvalue weighted by Gasteiger charge is 2.30. The van der Waals surface area contributed by atoms with Gasteiger partial charge in [-0.05, 0) is 59.6 Å². The molecule has 0 fully saturated rings. The second kappa shape index (κ2) is 7.07. The van der Waals surface area contributed by atoms with Crippen molar-refractivity contribution in [1.29, 1.82) is 0 Å². The molecule has 4 nitrogen and oxygen atoms in total. The first-order valence-corrected chi connectivity index (χ1v) is 7.46. The monoisotopic (exact) mass is 364 g/mol. The molecule has 0 aromatic heterocycles. The minimum atomic E-state index is -3.52.